The van der Waals surface area contributed by atoms with Gasteiger partial charge in [0.25, 0.3) is 6.01 Å². The van der Waals surface area contributed by atoms with E-state index in [0.29, 0.717) is 23.7 Å². The fraction of sp³-hybridized carbons (Fsp3) is 0.556. The SMILES string of the molecule is C[C@H](Nc1nccc(Nc2ncco2)n1)C1CC2CC(Cl)CCC2NC1=O. The van der Waals surface area contributed by atoms with Crippen molar-refractivity contribution in [3.05, 3.63) is 24.7 Å². The lowest BCUT2D eigenvalue weighted by Gasteiger charge is -2.42. The van der Waals surface area contributed by atoms with Gasteiger partial charge in [-0.1, -0.05) is 0 Å². The van der Waals surface area contributed by atoms with Crippen LogP contribution in [0.2, 0.25) is 0 Å². The van der Waals surface area contributed by atoms with Crippen LogP contribution in [0.1, 0.15) is 32.6 Å². The molecule has 0 spiro atoms. The normalized spacial score (nSPS) is 28.7. The van der Waals surface area contributed by atoms with Crippen LogP contribution >= 0.6 is 11.6 Å². The van der Waals surface area contributed by atoms with E-state index in [1.807, 2.05) is 6.92 Å². The van der Waals surface area contributed by atoms with Gasteiger partial charge in [0.05, 0.1) is 12.1 Å². The van der Waals surface area contributed by atoms with Crippen LogP contribution in [0, 0.1) is 11.8 Å². The Bertz CT molecular complexity index is 786. The molecule has 1 saturated heterocycles. The molecule has 5 atom stereocenters. The molecule has 3 heterocycles. The Balaban J connectivity index is 1.41. The summed E-state index contributed by atoms with van der Waals surface area (Å²) < 4.78 is 5.16. The van der Waals surface area contributed by atoms with Crippen molar-refractivity contribution in [3.63, 3.8) is 0 Å². The van der Waals surface area contributed by atoms with Crippen LogP contribution in [-0.2, 0) is 4.79 Å². The Morgan fingerprint density at radius 1 is 1.30 bits per heavy atom. The minimum absolute atomic E-state index is 0.0957. The first-order chi connectivity index (χ1) is 13.1. The molecule has 0 aromatic carbocycles. The fourth-order valence-electron chi connectivity index (χ4n) is 4.01. The lowest BCUT2D eigenvalue weighted by atomic mass is 9.74. The van der Waals surface area contributed by atoms with Crippen LogP contribution < -0.4 is 16.0 Å². The van der Waals surface area contributed by atoms with Gasteiger partial charge >= 0.3 is 0 Å². The highest BCUT2D eigenvalue weighted by Crippen LogP contribution is 2.36. The van der Waals surface area contributed by atoms with Gasteiger partial charge < -0.3 is 15.1 Å². The summed E-state index contributed by atoms with van der Waals surface area (Å²) in [5.41, 5.74) is 0. The van der Waals surface area contributed by atoms with Crippen molar-refractivity contribution in [2.75, 3.05) is 10.6 Å². The van der Waals surface area contributed by atoms with E-state index < -0.39 is 0 Å². The average Bonchev–Trinajstić information content (AvgIpc) is 3.14. The Morgan fingerprint density at radius 2 is 2.19 bits per heavy atom. The molecule has 0 radical (unpaired) electrons. The Kier molecular flexibility index (Phi) is 5.15. The van der Waals surface area contributed by atoms with Crippen LogP contribution in [-0.4, -0.2) is 38.3 Å². The minimum atomic E-state index is -0.139. The van der Waals surface area contributed by atoms with Crippen molar-refractivity contribution in [3.8, 4) is 0 Å². The zero-order chi connectivity index (χ0) is 18.8. The molecule has 9 heteroatoms. The molecule has 0 bridgehead atoms. The smallest absolute Gasteiger partial charge is 0.300 e. The molecule has 144 valence electrons. The number of oxazole rings is 1. The number of fused-ring (bicyclic) bond motifs is 1. The zero-order valence-corrected chi connectivity index (χ0v) is 15.8. The summed E-state index contributed by atoms with van der Waals surface area (Å²) in [5, 5.41) is 9.63. The third kappa shape index (κ3) is 4.16. The van der Waals surface area contributed by atoms with Gasteiger partial charge in [0.2, 0.25) is 11.9 Å². The Hall–Kier alpha value is -2.35. The van der Waals surface area contributed by atoms with Gasteiger partial charge in [-0.05, 0) is 44.6 Å². The molecule has 8 nitrogen and oxygen atoms in total. The van der Waals surface area contributed by atoms with Crippen LogP contribution in [0.3, 0.4) is 0 Å². The lowest BCUT2D eigenvalue weighted by molar-refractivity contribution is -0.130. The van der Waals surface area contributed by atoms with Crippen molar-refractivity contribution >= 4 is 35.3 Å². The minimum Gasteiger partial charge on any atom is -0.432 e. The highest BCUT2D eigenvalue weighted by Gasteiger charge is 2.41. The predicted molar refractivity (Wildman–Crippen MR) is 102 cm³/mol. The summed E-state index contributed by atoms with van der Waals surface area (Å²) in [5.74, 6) is 1.41. The molecule has 27 heavy (non-hydrogen) atoms. The average molecular weight is 391 g/mol. The van der Waals surface area contributed by atoms with E-state index in [4.69, 9.17) is 16.0 Å². The number of hydrogen-bond donors (Lipinski definition) is 3. The number of halogens is 1. The van der Waals surface area contributed by atoms with Gasteiger partial charge in [-0.15, -0.1) is 11.6 Å². The van der Waals surface area contributed by atoms with Crippen molar-refractivity contribution in [2.24, 2.45) is 11.8 Å². The first-order valence-electron chi connectivity index (χ1n) is 9.29. The van der Waals surface area contributed by atoms with Gasteiger partial charge in [-0.3, -0.25) is 10.1 Å². The van der Waals surface area contributed by atoms with Gasteiger partial charge in [0.15, 0.2) is 0 Å². The maximum atomic E-state index is 12.6. The van der Waals surface area contributed by atoms with E-state index in [2.05, 4.69) is 30.9 Å². The number of carbonyl (C=O) groups excluding carboxylic acids is 1. The Morgan fingerprint density at radius 3 is 3.00 bits per heavy atom. The number of carbonyl (C=O) groups is 1. The maximum absolute atomic E-state index is 12.6. The third-order valence-electron chi connectivity index (χ3n) is 5.42. The monoisotopic (exact) mass is 390 g/mol. The first-order valence-corrected chi connectivity index (χ1v) is 9.72. The molecule has 1 aliphatic heterocycles. The number of piperidine rings is 1. The number of anilines is 3. The van der Waals surface area contributed by atoms with Crippen LogP contribution in [0.5, 0.6) is 0 Å². The molecular formula is C18H23ClN6O2. The van der Waals surface area contributed by atoms with Crippen molar-refractivity contribution < 1.29 is 9.21 Å². The van der Waals surface area contributed by atoms with Crippen LogP contribution in [0.25, 0.3) is 0 Å². The molecular weight excluding hydrogens is 368 g/mol. The second-order valence-electron chi connectivity index (χ2n) is 7.29. The van der Waals surface area contributed by atoms with Crippen molar-refractivity contribution in [1.82, 2.24) is 20.3 Å². The number of hydrogen-bond acceptors (Lipinski definition) is 7. The summed E-state index contributed by atoms with van der Waals surface area (Å²) in [6, 6.07) is 2.25. The lowest BCUT2D eigenvalue weighted by Crippen LogP contribution is -2.55. The van der Waals surface area contributed by atoms with E-state index in [1.54, 1.807) is 18.5 Å². The van der Waals surface area contributed by atoms with E-state index in [9.17, 15) is 4.79 Å². The van der Waals surface area contributed by atoms with Crippen LogP contribution in [0.15, 0.2) is 29.1 Å². The van der Waals surface area contributed by atoms with Gasteiger partial charge in [-0.25, -0.2) is 9.97 Å². The topological polar surface area (TPSA) is 105 Å². The molecule has 1 saturated carbocycles. The van der Waals surface area contributed by atoms with E-state index >= 15 is 0 Å². The number of rotatable bonds is 5. The number of amides is 1. The standard InChI is InChI=1S/C18H23ClN6O2/c1-10(13-9-11-8-12(19)2-3-14(11)23-16(13)26)22-17-20-5-4-15(24-17)25-18-21-6-7-27-18/h4-7,10-14H,2-3,8-9H2,1H3,(H,23,26)(H2,20,21,22,24,25)/t10-,11?,12?,13?,14?/m0/s1. The molecule has 4 rings (SSSR count). The Labute approximate surface area is 162 Å². The zero-order valence-electron chi connectivity index (χ0n) is 15.1. The van der Waals surface area contributed by atoms with Gasteiger partial charge in [-0.2, -0.15) is 4.98 Å². The van der Waals surface area contributed by atoms with Gasteiger partial charge in [0, 0.05) is 23.7 Å². The first kappa shape index (κ1) is 18.0. The molecule has 2 aromatic rings. The number of nitrogens with zero attached hydrogens (tertiary/aromatic N) is 3. The molecule has 1 amide bonds. The quantitative estimate of drug-likeness (QED) is 0.674. The summed E-state index contributed by atoms with van der Waals surface area (Å²) in [6.07, 6.45) is 8.41. The summed E-state index contributed by atoms with van der Waals surface area (Å²) in [4.78, 5) is 25.3. The largest absolute Gasteiger partial charge is 0.432 e. The number of nitrogens with one attached hydrogen (secondary N) is 3. The second-order valence-corrected chi connectivity index (χ2v) is 7.91. The van der Waals surface area contributed by atoms with E-state index in [1.165, 1.54) is 6.26 Å². The molecule has 2 aliphatic rings. The number of aromatic nitrogens is 3. The molecule has 4 unspecified atom stereocenters. The molecule has 2 aromatic heterocycles. The number of alkyl halides is 1. The van der Waals surface area contributed by atoms with Crippen LogP contribution in [0.4, 0.5) is 17.8 Å². The summed E-state index contributed by atoms with van der Waals surface area (Å²) in [6.45, 7) is 1.99. The molecule has 1 aliphatic carbocycles. The highest BCUT2D eigenvalue weighted by atomic mass is 35.5. The predicted octanol–water partition coefficient (Wildman–Crippen LogP) is 2.92. The fourth-order valence-corrected chi connectivity index (χ4v) is 4.36. The summed E-state index contributed by atoms with van der Waals surface area (Å²) in [7, 11) is 0. The van der Waals surface area contributed by atoms with Crippen molar-refractivity contribution in [2.45, 2.75) is 50.1 Å². The molecule has 3 N–H and O–H groups in total. The third-order valence-corrected chi connectivity index (χ3v) is 5.82. The van der Waals surface area contributed by atoms with Gasteiger partial charge in [0.1, 0.15) is 12.1 Å². The summed E-state index contributed by atoms with van der Waals surface area (Å²) >= 11 is 6.34. The maximum Gasteiger partial charge on any atom is 0.300 e. The molecule has 2 fully saturated rings. The highest BCUT2D eigenvalue weighted by molar-refractivity contribution is 6.20. The van der Waals surface area contributed by atoms with Crippen molar-refractivity contribution in [1.29, 1.82) is 0 Å². The van der Waals surface area contributed by atoms with E-state index in [-0.39, 0.29) is 29.3 Å². The second kappa shape index (κ2) is 7.72. The van der Waals surface area contributed by atoms with E-state index in [0.717, 1.165) is 25.7 Å².